The Labute approximate surface area is 116 Å². The van der Waals surface area contributed by atoms with Crippen molar-refractivity contribution in [2.24, 2.45) is 5.92 Å². The molecule has 0 saturated carbocycles. The van der Waals surface area contributed by atoms with Crippen LogP contribution in [0.4, 0.5) is 0 Å². The second kappa shape index (κ2) is 6.30. The van der Waals surface area contributed by atoms with Gasteiger partial charge in [-0.2, -0.15) is 16.7 Å². The molecule has 2 heterocycles. The molecule has 18 heavy (non-hydrogen) atoms. The van der Waals surface area contributed by atoms with Crippen LogP contribution in [-0.4, -0.2) is 38.1 Å². The Kier molecular flexibility index (Phi) is 4.98. The number of aliphatic hydroxyl groups excluding tert-OH is 1. The molecule has 0 aliphatic carbocycles. The molecular weight excluding hydrogens is 268 g/mol. The molecule has 2 rings (SSSR count). The zero-order chi connectivity index (χ0) is 13.1. The summed E-state index contributed by atoms with van der Waals surface area (Å²) < 4.78 is 5.24. The minimum absolute atomic E-state index is 0.207. The van der Waals surface area contributed by atoms with Gasteiger partial charge in [-0.15, -0.1) is 11.8 Å². The fourth-order valence-electron chi connectivity index (χ4n) is 1.80. The number of aliphatic hydroxyl groups is 1. The van der Waals surface area contributed by atoms with E-state index >= 15 is 0 Å². The van der Waals surface area contributed by atoms with Gasteiger partial charge in [0.15, 0.2) is 5.82 Å². The molecule has 1 N–H and O–H groups in total. The third-order valence-electron chi connectivity index (χ3n) is 3.08. The maximum Gasteiger partial charge on any atom is 0.229 e. The molecule has 1 aromatic rings. The van der Waals surface area contributed by atoms with Gasteiger partial charge in [0.05, 0.1) is 17.8 Å². The van der Waals surface area contributed by atoms with Crippen molar-refractivity contribution >= 4 is 23.5 Å². The van der Waals surface area contributed by atoms with Gasteiger partial charge in [-0.1, -0.05) is 25.9 Å². The maximum absolute atomic E-state index is 9.81. The van der Waals surface area contributed by atoms with Crippen molar-refractivity contribution in [3.8, 4) is 0 Å². The number of aromatic nitrogens is 2. The fraction of sp³-hybridized carbons (Fsp3) is 0.833. The van der Waals surface area contributed by atoms with E-state index in [0.29, 0.717) is 22.8 Å². The van der Waals surface area contributed by atoms with Gasteiger partial charge in [0.25, 0.3) is 0 Å². The first-order chi connectivity index (χ1) is 8.58. The van der Waals surface area contributed by atoms with Crippen LogP contribution < -0.4 is 0 Å². The summed E-state index contributed by atoms with van der Waals surface area (Å²) in [6, 6.07) is 0. The lowest BCUT2D eigenvalue weighted by molar-refractivity contribution is 0.116. The first-order valence-electron chi connectivity index (χ1n) is 6.31. The molecule has 0 amide bonds. The quantitative estimate of drug-likeness (QED) is 0.919. The summed E-state index contributed by atoms with van der Waals surface area (Å²) in [6.07, 6.45) is 0.0351. The molecular formula is C12H20N2O2S2. The van der Waals surface area contributed by atoms with Gasteiger partial charge in [0.2, 0.25) is 5.89 Å². The van der Waals surface area contributed by atoms with E-state index in [1.54, 1.807) is 0 Å². The monoisotopic (exact) mass is 288 g/mol. The number of hydrogen-bond donors (Lipinski definition) is 1. The summed E-state index contributed by atoms with van der Waals surface area (Å²) in [5, 5.41) is 14.7. The van der Waals surface area contributed by atoms with E-state index in [4.69, 9.17) is 4.52 Å². The molecule has 0 radical (unpaired) electrons. The Morgan fingerprint density at radius 1 is 1.39 bits per heavy atom. The minimum atomic E-state index is -0.413. The highest BCUT2D eigenvalue weighted by Crippen LogP contribution is 2.41. The van der Waals surface area contributed by atoms with Crippen molar-refractivity contribution in [2.45, 2.75) is 43.8 Å². The van der Waals surface area contributed by atoms with Gasteiger partial charge in [-0.05, 0) is 5.92 Å². The topological polar surface area (TPSA) is 59.2 Å². The van der Waals surface area contributed by atoms with E-state index in [9.17, 15) is 5.11 Å². The Balaban J connectivity index is 2.01. The van der Waals surface area contributed by atoms with E-state index < -0.39 is 6.10 Å². The fourth-order valence-corrected chi connectivity index (χ4v) is 4.48. The van der Waals surface area contributed by atoms with Gasteiger partial charge in [-0.3, -0.25) is 0 Å². The summed E-state index contributed by atoms with van der Waals surface area (Å²) >= 11 is 3.85. The third kappa shape index (κ3) is 3.42. The lowest BCUT2D eigenvalue weighted by atomic mass is 10.0. The van der Waals surface area contributed by atoms with Crippen LogP contribution in [0.2, 0.25) is 0 Å². The zero-order valence-corrected chi connectivity index (χ0v) is 12.6. The molecule has 1 aliphatic heterocycles. The molecule has 1 aromatic heterocycles. The third-order valence-corrected chi connectivity index (χ3v) is 6.17. The van der Waals surface area contributed by atoms with Crippen molar-refractivity contribution < 1.29 is 9.63 Å². The smallest absolute Gasteiger partial charge is 0.229 e. The number of thioether (sulfide) groups is 2. The highest BCUT2D eigenvalue weighted by atomic mass is 32.2. The average molecular weight is 288 g/mol. The molecule has 1 saturated heterocycles. The molecule has 3 atom stereocenters. The minimum Gasteiger partial charge on any atom is -0.392 e. The molecule has 1 aliphatic rings. The van der Waals surface area contributed by atoms with Crippen LogP contribution in [0.5, 0.6) is 0 Å². The normalized spacial score (nSPS) is 26.5. The van der Waals surface area contributed by atoms with Crippen LogP contribution in [0.1, 0.15) is 37.7 Å². The van der Waals surface area contributed by atoms with Gasteiger partial charge in [0, 0.05) is 16.8 Å². The van der Waals surface area contributed by atoms with E-state index in [1.165, 1.54) is 5.75 Å². The molecule has 6 heteroatoms. The van der Waals surface area contributed by atoms with Crippen LogP contribution >= 0.6 is 23.5 Å². The molecule has 102 valence electrons. The average Bonchev–Trinajstić information content (AvgIpc) is 2.77. The van der Waals surface area contributed by atoms with Crippen molar-refractivity contribution in [1.29, 1.82) is 0 Å². The van der Waals surface area contributed by atoms with Crippen molar-refractivity contribution in [1.82, 2.24) is 10.1 Å². The first kappa shape index (κ1) is 14.2. The summed E-state index contributed by atoms with van der Waals surface area (Å²) in [4.78, 5) is 4.43. The summed E-state index contributed by atoms with van der Waals surface area (Å²) in [6.45, 7) is 6.18. The van der Waals surface area contributed by atoms with Crippen molar-refractivity contribution in [3.05, 3.63) is 11.7 Å². The molecule has 0 aromatic carbocycles. The maximum atomic E-state index is 9.81. The van der Waals surface area contributed by atoms with Gasteiger partial charge >= 0.3 is 0 Å². The Morgan fingerprint density at radius 2 is 2.11 bits per heavy atom. The Morgan fingerprint density at radius 3 is 2.78 bits per heavy atom. The van der Waals surface area contributed by atoms with Crippen LogP contribution in [0.15, 0.2) is 4.52 Å². The van der Waals surface area contributed by atoms with Crippen LogP contribution in [0, 0.1) is 5.92 Å². The van der Waals surface area contributed by atoms with Crippen molar-refractivity contribution in [2.75, 3.05) is 11.5 Å². The molecule has 0 spiro atoms. The van der Waals surface area contributed by atoms with E-state index in [1.807, 2.05) is 37.4 Å². The number of nitrogens with zero attached hydrogens (tertiary/aromatic N) is 2. The first-order valence-corrected chi connectivity index (χ1v) is 8.41. The lowest BCUT2D eigenvalue weighted by Gasteiger charge is -2.24. The van der Waals surface area contributed by atoms with Gasteiger partial charge in [0.1, 0.15) is 0 Å². The Bertz CT molecular complexity index is 384. The van der Waals surface area contributed by atoms with E-state index in [2.05, 4.69) is 17.1 Å². The lowest BCUT2D eigenvalue weighted by Crippen LogP contribution is -2.18. The molecule has 3 unspecified atom stereocenters. The SMILES string of the molecule is CC(C)C(O)Cc1nc(C2SCCSC2C)no1. The van der Waals surface area contributed by atoms with Gasteiger partial charge in [-0.25, -0.2) is 0 Å². The van der Waals surface area contributed by atoms with E-state index in [-0.39, 0.29) is 5.92 Å². The molecule has 0 bridgehead atoms. The van der Waals surface area contributed by atoms with Crippen LogP contribution in [0.25, 0.3) is 0 Å². The van der Waals surface area contributed by atoms with Crippen LogP contribution in [0.3, 0.4) is 0 Å². The number of hydrogen-bond acceptors (Lipinski definition) is 6. The standard InChI is InChI=1S/C12H20N2O2S2/c1-7(2)9(15)6-10-13-12(14-16-10)11-8(3)17-4-5-18-11/h7-9,11,15H,4-6H2,1-3H3. The zero-order valence-electron chi connectivity index (χ0n) is 11.0. The number of rotatable bonds is 4. The van der Waals surface area contributed by atoms with Crippen LogP contribution in [-0.2, 0) is 6.42 Å². The highest BCUT2D eigenvalue weighted by molar-refractivity contribution is 8.06. The predicted octanol–water partition coefficient (Wildman–Crippen LogP) is 2.54. The summed E-state index contributed by atoms with van der Waals surface area (Å²) in [5.74, 6) is 3.87. The second-order valence-corrected chi connectivity index (χ2v) is 7.66. The highest BCUT2D eigenvalue weighted by Gasteiger charge is 2.28. The summed E-state index contributed by atoms with van der Waals surface area (Å²) in [7, 11) is 0. The predicted molar refractivity (Wildman–Crippen MR) is 76.0 cm³/mol. The van der Waals surface area contributed by atoms with Gasteiger partial charge < -0.3 is 9.63 Å². The van der Waals surface area contributed by atoms with Crippen molar-refractivity contribution in [3.63, 3.8) is 0 Å². The second-order valence-electron chi connectivity index (χ2n) is 4.93. The Hall–Kier alpha value is -0.200. The summed E-state index contributed by atoms with van der Waals surface area (Å²) in [5.41, 5.74) is 0. The molecule has 4 nitrogen and oxygen atoms in total. The van der Waals surface area contributed by atoms with E-state index in [0.717, 1.165) is 11.6 Å². The molecule has 1 fully saturated rings. The largest absolute Gasteiger partial charge is 0.392 e.